The Morgan fingerprint density at radius 3 is 2.88 bits per heavy atom. The number of benzene rings is 1. The van der Waals surface area contributed by atoms with E-state index in [2.05, 4.69) is 0 Å². The molecular formula is C14H19FO2. The zero-order valence-electron chi connectivity index (χ0n) is 10.2. The summed E-state index contributed by atoms with van der Waals surface area (Å²) >= 11 is 0. The average Bonchev–Trinajstić information content (AvgIpc) is 2.29. The largest absolute Gasteiger partial charge is 0.494 e. The summed E-state index contributed by atoms with van der Waals surface area (Å²) in [5.41, 5.74) is 0.988. The first-order valence-electron chi connectivity index (χ1n) is 6.19. The average molecular weight is 238 g/mol. The number of aliphatic hydroxyl groups is 1. The molecule has 1 fully saturated rings. The van der Waals surface area contributed by atoms with Crippen LogP contribution in [0, 0.1) is 11.7 Å². The summed E-state index contributed by atoms with van der Waals surface area (Å²) in [6.07, 6.45) is 4.63. The maximum absolute atomic E-state index is 13.5. The molecule has 1 aromatic rings. The van der Waals surface area contributed by atoms with Gasteiger partial charge in [0.2, 0.25) is 0 Å². The molecule has 94 valence electrons. The Labute approximate surface area is 101 Å². The molecule has 0 radical (unpaired) electrons. The third kappa shape index (κ3) is 3.19. The van der Waals surface area contributed by atoms with Gasteiger partial charge in [0, 0.05) is 0 Å². The summed E-state index contributed by atoms with van der Waals surface area (Å²) in [6, 6.07) is 5.12. The fourth-order valence-electron chi connectivity index (χ4n) is 2.62. The lowest BCUT2D eigenvalue weighted by molar-refractivity contribution is 0.101. The molecule has 0 spiro atoms. The number of methoxy groups -OCH3 is 1. The van der Waals surface area contributed by atoms with Crippen LogP contribution in [0.5, 0.6) is 5.75 Å². The molecule has 1 aromatic carbocycles. The zero-order chi connectivity index (χ0) is 12.3. The second kappa shape index (κ2) is 5.50. The van der Waals surface area contributed by atoms with Crippen molar-refractivity contribution in [2.45, 2.75) is 38.2 Å². The van der Waals surface area contributed by atoms with E-state index in [1.165, 1.54) is 7.11 Å². The molecule has 17 heavy (non-hydrogen) atoms. The van der Waals surface area contributed by atoms with Gasteiger partial charge in [-0.15, -0.1) is 0 Å². The maximum Gasteiger partial charge on any atom is 0.165 e. The van der Waals surface area contributed by atoms with Crippen LogP contribution in [0.2, 0.25) is 0 Å². The van der Waals surface area contributed by atoms with Crippen molar-refractivity contribution in [1.29, 1.82) is 0 Å². The Bertz CT molecular complexity index is 378. The predicted octanol–water partition coefficient (Wildman–Crippen LogP) is 2.93. The number of halogens is 1. The minimum atomic E-state index is -0.304. The van der Waals surface area contributed by atoms with E-state index < -0.39 is 0 Å². The monoisotopic (exact) mass is 238 g/mol. The molecule has 0 aromatic heterocycles. The van der Waals surface area contributed by atoms with E-state index in [0.29, 0.717) is 5.92 Å². The molecule has 1 aliphatic carbocycles. The Morgan fingerprint density at radius 2 is 2.24 bits per heavy atom. The lowest BCUT2D eigenvalue weighted by atomic mass is 9.83. The van der Waals surface area contributed by atoms with Gasteiger partial charge in [0.15, 0.2) is 11.6 Å². The topological polar surface area (TPSA) is 29.5 Å². The van der Waals surface area contributed by atoms with Crippen LogP contribution in [0.3, 0.4) is 0 Å². The molecule has 0 bridgehead atoms. The van der Waals surface area contributed by atoms with E-state index in [4.69, 9.17) is 4.74 Å². The summed E-state index contributed by atoms with van der Waals surface area (Å²) in [5.74, 6) is 0.463. The summed E-state index contributed by atoms with van der Waals surface area (Å²) in [7, 11) is 1.47. The fraction of sp³-hybridized carbons (Fsp3) is 0.571. The van der Waals surface area contributed by atoms with Crippen molar-refractivity contribution in [2.75, 3.05) is 7.11 Å². The molecule has 1 aliphatic rings. The Morgan fingerprint density at radius 1 is 1.41 bits per heavy atom. The van der Waals surface area contributed by atoms with Crippen LogP contribution < -0.4 is 4.74 Å². The number of hydrogen-bond donors (Lipinski definition) is 1. The van der Waals surface area contributed by atoms with Gasteiger partial charge in [-0.1, -0.05) is 12.5 Å². The predicted molar refractivity (Wildman–Crippen MR) is 64.6 cm³/mol. The van der Waals surface area contributed by atoms with Gasteiger partial charge in [-0.3, -0.25) is 0 Å². The molecule has 1 saturated carbocycles. The molecule has 3 heteroatoms. The van der Waals surface area contributed by atoms with Gasteiger partial charge in [-0.25, -0.2) is 4.39 Å². The van der Waals surface area contributed by atoms with E-state index >= 15 is 0 Å². The Balaban J connectivity index is 2.00. The number of aliphatic hydroxyl groups excluding tert-OH is 1. The fourth-order valence-corrected chi connectivity index (χ4v) is 2.62. The minimum absolute atomic E-state index is 0.170. The standard InChI is InChI=1S/C14H19FO2/c1-17-14-6-5-11(9-13(14)15)7-10-3-2-4-12(16)8-10/h5-6,9-10,12,16H,2-4,7-8H2,1H3. The SMILES string of the molecule is COc1ccc(CC2CCCC(O)C2)cc1F. The van der Waals surface area contributed by atoms with Gasteiger partial charge < -0.3 is 9.84 Å². The van der Waals surface area contributed by atoms with Crippen molar-refractivity contribution in [1.82, 2.24) is 0 Å². The summed E-state index contributed by atoms with van der Waals surface area (Å²) in [4.78, 5) is 0. The summed E-state index contributed by atoms with van der Waals surface area (Å²) in [5, 5.41) is 9.60. The summed E-state index contributed by atoms with van der Waals surface area (Å²) in [6.45, 7) is 0. The van der Waals surface area contributed by atoms with Crippen LogP contribution in [0.4, 0.5) is 4.39 Å². The highest BCUT2D eigenvalue weighted by molar-refractivity contribution is 5.29. The normalized spacial score (nSPS) is 24.6. The molecule has 0 amide bonds. The van der Waals surface area contributed by atoms with Gasteiger partial charge in [0.1, 0.15) is 0 Å². The summed E-state index contributed by atoms with van der Waals surface area (Å²) < 4.78 is 18.4. The second-order valence-electron chi connectivity index (χ2n) is 4.86. The molecule has 0 aliphatic heterocycles. The smallest absolute Gasteiger partial charge is 0.165 e. The molecule has 2 rings (SSSR count). The van der Waals surface area contributed by atoms with Gasteiger partial charge in [0.05, 0.1) is 13.2 Å². The van der Waals surface area contributed by atoms with E-state index in [1.54, 1.807) is 12.1 Å². The third-order valence-electron chi connectivity index (χ3n) is 3.50. The molecule has 0 saturated heterocycles. The van der Waals surface area contributed by atoms with Crippen LogP contribution in [0.15, 0.2) is 18.2 Å². The van der Waals surface area contributed by atoms with Crippen LogP contribution in [-0.2, 0) is 6.42 Å². The van der Waals surface area contributed by atoms with Crippen molar-refractivity contribution in [3.05, 3.63) is 29.6 Å². The van der Waals surface area contributed by atoms with Gasteiger partial charge in [0.25, 0.3) is 0 Å². The highest BCUT2D eigenvalue weighted by Crippen LogP contribution is 2.28. The van der Waals surface area contributed by atoms with Crippen LogP contribution in [0.25, 0.3) is 0 Å². The molecule has 2 nitrogen and oxygen atoms in total. The zero-order valence-corrected chi connectivity index (χ0v) is 10.2. The molecular weight excluding hydrogens is 219 g/mol. The molecule has 0 heterocycles. The van der Waals surface area contributed by atoms with Crippen molar-refractivity contribution in [3.63, 3.8) is 0 Å². The molecule has 1 N–H and O–H groups in total. The Hall–Kier alpha value is -1.09. The minimum Gasteiger partial charge on any atom is -0.494 e. The first-order chi connectivity index (χ1) is 8.19. The maximum atomic E-state index is 13.5. The van der Waals surface area contributed by atoms with E-state index in [-0.39, 0.29) is 17.7 Å². The molecule has 2 unspecified atom stereocenters. The van der Waals surface area contributed by atoms with Gasteiger partial charge in [-0.2, -0.15) is 0 Å². The van der Waals surface area contributed by atoms with Crippen molar-refractivity contribution >= 4 is 0 Å². The van der Waals surface area contributed by atoms with Gasteiger partial charge in [-0.05, 0) is 49.3 Å². The molecule has 2 atom stereocenters. The van der Waals surface area contributed by atoms with Crippen molar-refractivity contribution in [2.24, 2.45) is 5.92 Å². The van der Waals surface area contributed by atoms with E-state index in [1.807, 2.05) is 6.07 Å². The van der Waals surface area contributed by atoms with Crippen LogP contribution in [0.1, 0.15) is 31.2 Å². The van der Waals surface area contributed by atoms with Crippen molar-refractivity contribution < 1.29 is 14.2 Å². The van der Waals surface area contributed by atoms with Crippen LogP contribution in [-0.4, -0.2) is 18.3 Å². The van der Waals surface area contributed by atoms with Crippen molar-refractivity contribution in [3.8, 4) is 5.75 Å². The van der Waals surface area contributed by atoms with E-state index in [9.17, 15) is 9.50 Å². The number of hydrogen-bond acceptors (Lipinski definition) is 2. The Kier molecular flexibility index (Phi) is 4.00. The highest BCUT2D eigenvalue weighted by atomic mass is 19.1. The lowest BCUT2D eigenvalue weighted by Gasteiger charge is -2.25. The first-order valence-corrected chi connectivity index (χ1v) is 6.19. The first kappa shape index (κ1) is 12.4. The van der Waals surface area contributed by atoms with E-state index in [0.717, 1.165) is 37.7 Å². The second-order valence-corrected chi connectivity index (χ2v) is 4.86. The lowest BCUT2D eigenvalue weighted by Crippen LogP contribution is -2.21. The number of rotatable bonds is 3. The van der Waals surface area contributed by atoms with Crippen LogP contribution >= 0.6 is 0 Å². The quantitative estimate of drug-likeness (QED) is 0.877. The highest BCUT2D eigenvalue weighted by Gasteiger charge is 2.20. The number of ether oxygens (including phenoxy) is 1. The third-order valence-corrected chi connectivity index (χ3v) is 3.50. The van der Waals surface area contributed by atoms with Gasteiger partial charge >= 0.3 is 0 Å².